The van der Waals surface area contributed by atoms with Gasteiger partial charge in [0.1, 0.15) is 18.5 Å². The standard InChI is InChI=1S/C37H43F6N5O5/c1-4-7-30-35(53-27-12-10-25(11-13-27)36(38,39)40,17-6-19-48(30)33(49)28-24-44-18-14-29(28)37(41,42)43)34(50)47-20-15-26(16-21-47)52-32-9-5-8-31(45-32)51-23-22-46(2)3/h5,8-14,18,24,26,30H,4,6-7,15-17,19-23H2,1-3H3/t30-,35+/m1/s1. The fourth-order valence-electron chi connectivity index (χ4n) is 6.78. The largest absolute Gasteiger partial charge is 0.476 e. The van der Waals surface area contributed by atoms with Crippen molar-refractivity contribution < 1.29 is 50.1 Å². The number of piperidine rings is 2. The minimum Gasteiger partial charge on any atom is -0.476 e. The van der Waals surface area contributed by atoms with Crippen LogP contribution in [0.1, 0.15) is 66.9 Å². The van der Waals surface area contributed by atoms with Gasteiger partial charge in [0.15, 0.2) is 0 Å². The van der Waals surface area contributed by atoms with Gasteiger partial charge in [-0.05, 0) is 57.3 Å². The Morgan fingerprint density at radius 1 is 0.943 bits per heavy atom. The van der Waals surface area contributed by atoms with Gasteiger partial charge in [0, 0.05) is 70.0 Å². The average Bonchev–Trinajstić information content (AvgIpc) is 3.11. The molecule has 0 bridgehead atoms. The number of amides is 2. The monoisotopic (exact) mass is 751 g/mol. The van der Waals surface area contributed by atoms with Crippen LogP contribution in [0.5, 0.6) is 17.5 Å². The molecule has 16 heteroatoms. The van der Waals surface area contributed by atoms with E-state index in [0.29, 0.717) is 44.2 Å². The van der Waals surface area contributed by atoms with E-state index in [-0.39, 0.29) is 50.8 Å². The highest BCUT2D eigenvalue weighted by Crippen LogP contribution is 2.41. The molecule has 2 aromatic heterocycles. The summed E-state index contributed by atoms with van der Waals surface area (Å²) in [5.41, 5.74) is -4.58. The number of hydrogen-bond acceptors (Lipinski definition) is 8. The molecule has 2 saturated heterocycles. The molecule has 0 spiro atoms. The number of carbonyl (C=O) groups is 2. The summed E-state index contributed by atoms with van der Waals surface area (Å²) < 4.78 is 101. The van der Waals surface area contributed by atoms with Crippen LogP contribution in [0.4, 0.5) is 26.3 Å². The molecule has 288 valence electrons. The summed E-state index contributed by atoms with van der Waals surface area (Å²) in [4.78, 5) is 41.8. The maximum atomic E-state index is 14.8. The number of ether oxygens (including phenoxy) is 3. The lowest BCUT2D eigenvalue weighted by atomic mass is 9.79. The number of nitrogens with zero attached hydrogens (tertiary/aromatic N) is 5. The molecule has 4 heterocycles. The summed E-state index contributed by atoms with van der Waals surface area (Å²) in [6.07, 6.45) is -6.34. The number of hydrogen-bond donors (Lipinski definition) is 0. The van der Waals surface area contributed by atoms with E-state index < -0.39 is 52.5 Å². The van der Waals surface area contributed by atoms with Gasteiger partial charge in [-0.25, -0.2) is 0 Å². The van der Waals surface area contributed by atoms with E-state index in [1.165, 1.54) is 4.90 Å². The number of halogens is 6. The Balaban J connectivity index is 1.42. The topological polar surface area (TPSA) is 97.3 Å². The van der Waals surface area contributed by atoms with Crippen molar-refractivity contribution in [3.63, 3.8) is 0 Å². The maximum Gasteiger partial charge on any atom is 0.417 e. The molecule has 5 rings (SSSR count). The van der Waals surface area contributed by atoms with Crippen LogP contribution < -0.4 is 14.2 Å². The molecule has 3 aromatic rings. The van der Waals surface area contributed by atoms with Gasteiger partial charge < -0.3 is 28.9 Å². The van der Waals surface area contributed by atoms with Crippen molar-refractivity contribution in [1.82, 2.24) is 24.7 Å². The lowest BCUT2D eigenvalue weighted by molar-refractivity contribution is -0.161. The normalized spacial score (nSPS) is 20.0. The van der Waals surface area contributed by atoms with Crippen molar-refractivity contribution in [2.45, 2.75) is 75.5 Å². The van der Waals surface area contributed by atoms with Crippen LogP contribution in [-0.4, -0.2) is 101 Å². The third-order valence-electron chi connectivity index (χ3n) is 9.39. The van der Waals surface area contributed by atoms with E-state index in [1.807, 2.05) is 19.0 Å². The Kier molecular flexibility index (Phi) is 12.4. The van der Waals surface area contributed by atoms with Gasteiger partial charge in [0.05, 0.1) is 22.7 Å². The lowest BCUT2D eigenvalue weighted by Gasteiger charge is -2.50. The van der Waals surface area contributed by atoms with Crippen LogP contribution in [0, 0.1) is 0 Å². The van der Waals surface area contributed by atoms with Crippen molar-refractivity contribution in [3.05, 3.63) is 77.6 Å². The fourth-order valence-corrected chi connectivity index (χ4v) is 6.78. The second-order valence-electron chi connectivity index (χ2n) is 13.4. The minimum absolute atomic E-state index is 0.0297. The van der Waals surface area contributed by atoms with Crippen LogP contribution >= 0.6 is 0 Å². The van der Waals surface area contributed by atoms with Crippen molar-refractivity contribution in [2.24, 2.45) is 0 Å². The molecule has 0 N–H and O–H groups in total. The Bertz CT molecular complexity index is 1700. The molecule has 2 aliphatic heterocycles. The van der Waals surface area contributed by atoms with Crippen molar-refractivity contribution in [3.8, 4) is 17.5 Å². The van der Waals surface area contributed by atoms with Gasteiger partial charge in [-0.3, -0.25) is 14.6 Å². The number of aromatic nitrogens is 2. The molecule has 10 nitrogen and oxygen atoms in total. The zero-order chi connectivity index (χ0) is 38.4. The fraction of sp³-hybridized carbons (Fsp3) is 0.514. The van der Waals surface area contributed by atoms with Gasteiger partial charge in [-0.15, -0.1) is 0 Å². The van der Waals surface area contributed by atoms with E-state index in [9.17, 15) is 35.9 Å². The minimum atomic E-state index is -4.85. The molecule has 2 fully saturated rings. The van der Waals surface area contributed by atoms with E-state index in [2.05, 4.69) is 9.97 Å². The van der Waals surface area contributed by atoms with Gasteiger partial charge in [0.25, 0.3) is 11.8 Å². The van der Waals surface area contributed by atoms with Crippen molar-refractivity contribution in [2.75, 3.05) is 46.9 Å². The second-order valence-corrected chi connectivity index (χ2v) is 13.4. The molecule has 2 atom stereocenters. The van der Waals surface area contributed by atoms with Gasteiger partial charge in [0.2, 0.25) is 17.4 Å². The van der Waals surface area contributed by atoms with E-state index in [4.69, 9.17) is 14.2 Å². The summed E-state index contributed by atoms with van der Waals surface area (Å²) in [6.45, 7) is 3.40. The summed E-state index contributed by atoms with van der Waals surface area (Å²) in [5.74, 6) is -0.757. The molecule has 2 amide bonds. The number of likely N-dealkylation sites (N-methyl/N-ethyl adjacent to an activating group) is 1. The molecule has 53 heavy (non-hydrogen) atoms. The quantitative estimate of drug-likeness (QED) is 0.188. The maximum absolute atomic E-state index is 14.8. The Morgan fingerprint density at radius 3 is 2.28 bits per heavy atom. The molecule has 0 saturated carbocycles. The number of alkyl halides is 6. The highest BCUT2D eigenvalue weighted by molar-refractivity contribution is 5.97. The van der Waals surface area contributed by atoms with Crippen LogP contribution in [0.3, 0.4) is 0 Å². The number of benzene rings is 1. The van der Waals surface area contributed by atoms with Crippen LogP contribution in [-0.2, 0) is 17.1 Å². The van der Waals surface area contributed by atoms with E-state index >= 15 is 0 Å². The first-order chi connectivity index (χ1) is 25.1. The lowest BCUT2D eigenvalue weighted by Crippen LogP contribution is -2.68. The van der Waals surface area contributed by atoms with Gasteiger partial charge >= 0.3 is 12.4 Å². The van der Waals surface area contributed by atoms with E-state index in [0.717, 1.165) is 42.7 Å². The molecule has 0 unspecified atom stereocenters. The molecular weight excluding hydrogens is 708 g/mol. The third-order valence-corrected chi connectivity index (χ3v) is 9.39. The van der Waals surface area contributed by atoms with Crippen LogP contribution in [0.2, 0.25) is 0 Å². The Morgan fingerprint density at radius 2 is 1.64 bits per heavy atom. The highest BCUT2D eigenvalue weighted by atomic mass is 19.4. The smallest absolute Gasteiger partial charge is 0.417 e. The molecule has 1 aromatic carbocycles. The number of carbonyl (C=O) groups excluding carboxylic acids is 2. The van der Waals surface area contributed by atoms with Crippen LogP contribution in [0.25, 0.3) is 0 Å². The van der Waals surface area contributed by atoms with Crippen molar-refractivity contribution >= 4 is 11.8 Å². The zero-order valence-electron chi connectivity index (χ0n) is 29.8. The first-order valence-electron chi connectivity index (χ1n) is 17.5. The summed E-state index contributed by atoms with van der Waals surface area (Å²) in [7, 11) is 3.86. The SMILES string of the molecule is CCC[C@H]1N(C(=O)c2cnccc2C(F)(F)F)CCC[C@@]1(Oc1ccc(C(F)(F)F)cc1)C(=O)N1CCC(Oc2cccc(OCCN(C)C)n2)CC1. The second kappa shape index (κ2) is 16.6. The van der Waals surface area contributed by atoms with Gasteiger partial charge in [-0.2, -0.15) is 31.3 Å². The summed E-state index contributed by atoms with van der Waals surface area (Å²) in [6, 6.07) is 8.74. The Hall–Kier alpha value is -4.60. The summed E-state index contributed by atoms with van der Waals surface area (Å²) >= 11 is 0. The molecular formula is C37H43F6N5O5. The predicted octanol–water partition coefficient (Wildman–Crippen LogP) is 6.75. The first kappa shape index (κ1) is 39.6. The summed E-state index contributed by atoms with van der Waals surface area (Å²) in [5, 5.41) is 0. The number of pyridine rings is 2. The molecule has 0 aliphatic carbocycles. The zero-order valence-corrected chi connectivity index (χ0v) is 29.8. The number of rotatable bonds is 12. The average molecular weight is 752 g/mol. The number of likely N-dealkylation sites (tertiary alicyclic amines) is 2. The first-order valence-corrected chi connectivity index (χ1v) is 17.5. The van der Waals surface area contributed by atoms with E-state index in [1.54, 1.807) is 30.0 Å². The molecule has 0 radical (unpaired) electrons. The van der Waals surface area contributed by atoms with Crippen LogP contribution in [0.15, 0.2) is 60.9 Å². The highest BCUT2D eigenvalue weighted by Gasteiger charge is 2.56. The third kappa shape index (κ3) is 9.50. The van der Waals surface area contributed by atoms with Crippen molar-refractivity contribution in [1.29, 1.82) is 0 Å². The van der Waals surface area contributed by atoms with Gasteiger partial charge in [-0.1, -0.05) is 19.4 Å². The predicted molar refractivity (Wildman–Crippen MR) is 182 cm³/mol. The molecule has 2 aliphatic rings. The Labute approximate surface area is 304 Å².